The third-order valence-corrected chi connectivity index (χ3v) is 2.60. The molecule has 88 valence electrons. The van der Waals surface area contributed by atoms with Crippen molar-refractivity contribution in [3.63, 3.8) is 0 Å². The van der Waals surface area contributed by atoms with E-state index in [0.717, 1.165) is 0 Å². The van der Waals surface area contributed by atoms with Gasteiger partial charge in [-0.3, -0.25) is 0 Å². The highest BCUT2D eigenvalue weighted by molar-refractivity contribution is 6.33. The predicted molar refractivity (Wildman–Crippen MR) is 65.0 cm³/mol. The lowest BCUT2D eigenvalue weighted by Crippen LogP contribution is -2.13. The molecular weight excluding hydrogens is 243 g/mol. The number of aromatic nitrogens is 2. The number of hydrazine groups is 1. The number of nitrogen functional groups attached to an aromatic ring is 1. The molecule has 2 rings (SSSR count). The van der Waals surface area contributed by atoms with Gasteiger partial charge >= 0.3 is 0 Å². The second-order valence-corrected chi connectivity index (χ2v) is 3.83. The van der Waals surface area contributed by atoms with Crippen molar-refractivity contribution < 1.29 is 4.39 Å². The standard InChI is InChI=1S/C11H10ClFN4/c1-6-9(13)11(17-14)16-10(15-6)7-4-2-3-5-8(7)12/h2-5H,14H2,1H3,(H,15,16,17). The minimum absolute atomic E-state index is 0.0487. The highest BCUT2D eigenvalue weighted by Gasteiger charge is 2.13. The summed E-state index contributed by atoms with van der Waals surface area (Å²) >= 11 is 6.02. The van der Waals surface area contributed by atoms with Crippen LogP contribution in [0.25, 0.3) is 11.4 Å². The summed E-state index contributed by atoms with van der Waals surface area (Å²) in [6, 6.07) is 7.08. The van der Waals surface area contributed by atoms with Crippen molar-refractivity contribution in [3.05, 3.63) is 40.8 Å². The zero-order chi connectivity index (χ0) is 12.4. The third kappa shape index (κ3) is 2.20. The number of anilines is 1. The van der Waals surface area contributed by atoms with Crippen LogP contribution in [0.5, 0.6) is 0 Å². The van der Waals surface area contributed by atoms with Crippen molar-refractivity contribution in [2.45, 2.75) is 6.92 Å². The summed E-state index contributed by atoms with van der Waals surface area (Å²) in [7, 11) is 0. The van der Waals surface area contributed by atoms with Crippen LogP contribution in [0.2, 0.25) is 5.02 Å². The summed E-state index contributed by atoms with van der Waals surface area (Å²) in [5, 5.41) is 0.501. The normalized spacial score (nSPS) is 10.4. The Balaban J connectivity index is 2.61. The highest BCUT2D eigenvalue weighted by Crippen LogP contribution is 2.26. The van der Waals surface area contributed by atoms with Crippen LogP contribution < -0.4 is 11.3 Å². The van der Waals surface area contributed by atoms with E-state index >= 15 is 0 Å². The van der Waals surface area contributed by atoms with Crippen molar-refractivity contribution in [2.75, 3.05) is 5.43 Å². The van der Waals surface area contributed by atoms with Crippen LogP contribution in [-0.2, 0) is 0 Å². The van der Waals surface area contributed by atoms with E-state index in [1.165, 1.54) is 6.92 Å². The fourth-order valence-corrected chi connectivity index (χ4v) is 1.64. The van der Waals surface area contributed by atoms with E-state index in [1.807, 2.05) is 0 Å². The number of benzene rings is 1. The Kier molecular flexibility index (Phi) is 3.21. The fourth-order valence-electron chi connectivity index (χ4n) is 1.42. The monoisotopic (exact) mass is 252 g/mol. The summed E-state index contributed by atoms with van der Waals surface area (Å²) in [4.78, 5) is 8.02. The average molecular weight is 253 g/mol. The molecule has 2 aromatic rings. The van der Waals surface area contributed by atoms with Gasteiger partial charge in [-0.2, -0.15) is 0 Å². The van der Waals surface area contributed by atoms with Crippen molar-refractivity contribution in [3.8, 4) is 11.4 Å². The molecule has 4 nitrogen and oxygen atoms in total. The first kappa shape index (κ1) is 11.8. The molecule has 0 aliphatic rings. The predicted octanol–water partition coefficient (Wildman–Crippen LogP) is 2.53. The Labute approximate surface area is 103 Å². The molecule has 0 aliphatic carbocycles. The smallest absolute Gasteiger partial charge is 0.187 e. The fraction of sp³-hybridized carbons (Fsp3) is 0.0909. The molecule has 1 heterocycles. The van der Waals surface area contributed by atoms with E-state index in [2.05, 4.69) is 15.4 Å². The number of nitrogens with two attached hydrogens (primary N) is 1. The molecule has 6 heteroatoms. The quantitative estimate of drug-likeness (QED) is 0.637. The maximum atomic E-state index is 13.5. The van der Waals surface area contributed by atoms with Crippen LogP contribution in [0.1, 0.15) is 5.69 Å². The number of hydrogen-bond donors (Lipinski definition) is 2. The summed E-state index contributed by atoms with van der Waals surface area (Å²) in [6.45, 7) is 1.54. The van der Waals surface area contributed by atoms with E-state index in [1.54, 1.807) is 24.3 Å². The van der Waals surface area contributed by atoms with Gasteiger partial charge in [0.2, 0.25) is 0 Å². The Morgan fingerprint density at radius 2 is 2.00 bits per heavy atom. The first-order chi connectivity index (χ1) is 8.13. The van der Waals surface area contributed by atoms with Gasteiger partial charge in [0.15, 0.2) is 17.5 Å². The van der Waals surface area contributed by atoms with Gasteiger partial charge in [-0.25, -0.2) is 20.2 Å². The lowest BCUT2D eigenvalue weighted by molar-refractivity contribution is 0.606. The Morgan fingerprint density at radius 3 is 2.65 bits per heavy atom. The zero-order valence-electron chi connectivity index (χ0n) is 9.04. The maximum absolute atomic E-state index is 13.5. The number of hydrogen-bond acceptors (Lipinski definition) is 4. The van der Waals surface area contributed by atoms with Crippen LogP contribution in [0.15, 0.2) is 24.3 Å². The van der Waals surface area contributed by atoms with Gasteiger partial charge in [0.1, 0.15) is 0 Å². The van der Waals surface area contributed by atoms with Gasteiger partial charge in [0.25, 0.3) is 0 Å². The van der Waals surface area contributed by atoms with E-state index in [4.69, 9.17) is 17.4 Å². The van der Waals surface area contributed by atoms with Crippen molar-refractivity contribution in [1.82, 2.24) is 9.97 Å². The van der Waals surface area contributed by atoms with Crippen molar-refractivity contribution >= 4 is 17.4 Å². The molecule has 0 bridgehead atoms. The molecule has 1 aromatic heterocycles. The first-order valence-corrected chi connectivity index (χ1v) is 5.27. The summed E-state index contributed by atoms with van der Waals surface area (Å²) in [5.41, 5.74) is 3.04. The SMILES string of the molecule is Cc1nc(-c2ccccc2Cl)nc(NN)c1F. The number of rotatable bonds is 2. The van der Waals surface area contributed by atoms with E-state index in [9.17, 15) is 4.39 Å². The Hall–Kier alpha value is -1.72. The molecule has 0 unspecified atom stereocenters. The van der Waals surface area contributed by atoms with Crippen molar-refractivity contribution in [1.29, 1.82) is 0 Å². The van der Waals surface area contributed by atoms with Gasteiger partial charge in [-0.15, -0.1) is 0 Å². The molecule has 0 amide bonds. The van der Waals surface area contributed by atoms with Gasteiger partial charge in [-0.1, -0.05) is 23.7 Å². The summed E-state index contributed by atoms with van der Waals surface area (Å²) in [5.74, 6) is 4.91. The second kappa shape index (κ2) is 4.65. The van der Waals surface area contributed by atoms with Gasteiger partial charge in [0, 0.05) is 5.56 Å². The van der Waals surface area contributed by atoms with Gasteiger partial charge in [-0.05, 0) is 19.1 Å². The van der Waals surface area contributed by atoms with Crippen molar-refractivity contribution in [2.24, 2.45) is 5.84 Å². The van der Waals surface area contributed by atoms with Gasteiger partial charge < -0.3 is 5.43 Å². The largest absolute Gasteiger partial charge is 0.306 e. The lowest BCUT2D eigenvalue weighted by Gasteiger charge is -2.08. The average Bonchev–Trinajstić information content (AvgIpc) is 2.33. The van der Waals surface area contributed by atoms with Crippen LogP contribution in [0.3, 0.4) is 0 Å². The lowest BCUT2D eigenvalue weighted by atomic mass is 10.2. The molecule has 0 fully saturated rings. The molecule has 0 saturated carbocycles. The van der Waals surface area contributed by atoms with Crippen LogP contribution in [0, 0.1) is 12.7 Å². The number of aryl methyl sites for hydroxylation is 1. The Morgan fingerprint density at radius 1 is 1.29 bits per heavy atom. The topological polar surface area (TPSA) is 63.8 Å². The van der Waals surface area contributed by atoms with Crippen LogP contribution in [-0.4, -0.2) is 9.97 Å². The number of nitrogens with one attached hydrogen (secondary N) is 1. The maximum Gasteiger partial charge on any atom is 0.187 e. The van der Waals surface area contributed by atoms with E-state index < -0.39 is 5.82 Å². The molecule has 1 aromatic carbocycles. The molecule has 0 saturated heterocycles. The van der Waals surface area contributed by atoms with Crippen LogP contribution >= 0.6 is 11.6 Å². The van der Waals surface area contributed by atoms with Crippen LogP contribution in [0.4, 0.5) is 10.2 Å². The zero-order valence-corrected chi connectivity index (χ0v) is 9.79. The first-order valence-electron chi connectivity index (χ1n) is 4.89. The Bertz CT molecular complexity index is 559. The molecule has 0 radical (unpaired) electrons. The molecule has 0 spiro atoms. The molecule has 0 atom stereocenters. The second-order valence-electron chi connectivity index (χ2n) is 3.42. The summed E-state index contributed by atoms with van der Waals surface area (Å²) in [6.07, 6.45) is 0. The molecular formula is C11H10ClFN4. The highest BCUT2D eigenvalue weighted by atomic mass is 35.5. The van der Waals surface area contributed by atoms with E-state index in [0.29, 0.717) is 16.4 Å². The minimum atomic E-state index is -0.566. The molecule has 17 heavy (non-hydrogen) atoms. The van der Waals surface area contributed by atoms with E-state index in [-0.39, 0.29) is 11.5 Å². The minimum Gasteiger partial charge on any atom is -0.306 e. The summed E-state index contributed by atoms with van der Waals surface area (Å²) < 4.78 is 13.5. The number of nitrogens with zero attached hydrogens (tertiary/aromatic N) is 2. The molecule has 0 aliphatic heterocycles. The van der Waals surface area contributed by atoms with Gasteiger partial charge in [0.05, 0.1) is 10.7 Å². The number of halogens is 2. The third-order valence-electron chi connectivity index (χ3n) is 2.27. The molecule has 3 N–H and O–H groups in total.